The molecule has 53 heavy (non-hydrogen) atoms. The van der Waals surface area contributed by atoms with Crippen LogP contribution in [0, 0.1) is 23.7 Å². The van der Waals surface area contributed by atoms with Crippen molar-refractivity contribution < 1.29 is 37.0 Å². The van der Waals surface area contributed by atoms with E-state index in [-0.39, 0.29) is 48.4 Å². The van der Waals surface area contributed by atoms with Crippen LogP contribution >= 0.6 is 0 Å². The lowest BCUT2D eigenvalue weighted by atomic mass is 9.56. The van der Waals surface area contributed by atoms with Gasteiger partial charge in [-0.25, -0.2) is 23.5 Å². The summed E-state index contributed by atoms with van der Waals surface area (Å²) < 4.78 is 64.2. The summed E-state index contributed by atoms with van der Waals surface area (Å²) in [6.07, 6.45) is 8.74. The van der Waals surface area contributed by atoms with Crippen LogP contribution in [0.5, 0.6) is 5.75 Å². The van der Waals surface area contributed by atoms with Crippen LogP contribution in [0.2, 0.25) is 0 Å². The van der Waals surface area contributed by atoms with Gasteiger partial charge in [0, 0.05) is 36.8 Å². The fourth-order valence-corrected chi connectivity index (χ4v) is 10.6. The summed E-state index contributed by atoms with van der Waals surface area (Å²) >= 11 is 0. The summed E-state index contributed by atoms with van der Waals surface area (Å²) in [5, 5.41) is 13.4. The molecule has 0 spiro atoms. The molecule has 1 saturated heterocycles. The van der Waals surface area contributed by atoms with E-state index in [0.717, 1.165) is 62.4 Å². The molecule has 290 valence electrons. The van der Waals surface area contributed by atoms with Crippen LogP contribution in [-0.2, 0) is 16.1 Å². The number of amides is 1. The van der Waals surface area contributed by atoms with E-state index in [1.54, 1.807) is 0 Å². The van der Waals surface area contributed by atoms with Crippen LogP contribution in [0.15, 0.2) is 24.4 Å². The molecule has 1 aromatic carbocycles. The molecule has 4 fully saturated rings. The zero-order valence-electron chi connectivity index (χ0n) is 31.4. The molecule has 0 radical (unpaired) electrons. The largest absolute Gasteiger partial charge is 0.490 e. The Bertz CT molecular complexity index is 1710. The first-order valence-corrected chi connectivity index (χ1v) is 19.5. The molecule has 2 N–H and O–H groups in total. The second-order valence-electron chi connectivity index (χ2n) is 17.0. The number of nitrogens with zero attached hydrogens (tertiary/aromatic N) is 4. The first-order valence-electron chi connectivity index (χ1n) is 19.5. The minimum absolute atomic E-state index is 0.0302. The number of halogens is 4. The van der Waals surface area contributed by atoms with Crippen LogP contribution in [0.1, 0.15) is 120 Å². The van der Waals surface area contributed by atoms with Crippen molar-refractivity contribution in [2.45, 2.75) is 134 Å². The number of carboxylic acid groups (broad SMARTS) is 1. The molecule has 3 saturated carbocycles. The maximum atomic E-state index is 15.4. The molecule has 3 aliphatic carbocycles. The second kappa shape index (κ2) is 13.7. The van der Waals surface area contributed by atoms with E-state index in [1.807, 2.05) is 34.9 Å². The number of ether oxygens (including phenoxy) is 1. The zero-order valence-corrected chi connectivity index (χ0v) is 31.4. The first-order chi connectivity index (χ1) is 25.0. The Hall–Kier alpha value is -3.48. The van der Waals surface area contributed by atoms with Crippen molar-refractivity contribution in [2.24, 2.45) is 23.7 Å². The molecule has 1 amide bonds. The Morgan fingerprint density at radius 3 is 2.34 bits per heavy atom. The van der Waals surface area contributed by atoms with Crippen molar-refractivity contribution in [3.63, 3.8) is 0 Å². The number of rotatable bonds is 10. The lowest BCUT2D eigenvalue weighted by Crippen LogP contribution is -2.66. The Balaban J connectivity index is 1.14. The van der Waals surface area contributed by atoms with Gasteiger partial charge in [0.2, 0.25) is 5.95 Å². The molecule has 1 aromatic heterocycles. The topological polar surface area (TPSA) is 108 Å². The van der Waals surface area contributed by atoms with Gasteiger partial charge in [-0.15, -0.1) is 0 Å². The highest BCUT2D eigenvalue weighted by Gasteiger charge is 2.57. The highest BCUT2D eigenvalue weighted by molar-refractivity contribution is 5.99. The summed E-state index contributed by atoms with van der Waals surface area (Å²) in [6.45, 7) is 8.90. The summed E-state index contributed by atoms with van der Waals surface area (Å²) in [4.78, 5) is 39.5. The van der Waals surface area contributed by atoms with Crippen LogP contribution in [0.25, 0.3) is 0 Å². The van der Waals surface area contributed by atoms with E-state index >= 15 is 8.78 Å². The van der Waals surface area contributed by atoms with Crippen molar-refractivity contribution in [3.05, 3.63) is 41.2 Å². The number of fused-ring (bicyclic) bond motifs is 3. The van der Waals surface area contributed by atoms with Crippen molar-refractivity contribution in [2.75, 3.05) is 24.5 Å². The highest BCUT2D eigenvalue weighted by atomic mass is 19.3. The van der Waals surface area contributed by atoms with Gasteiger partial charge in [-0.05, 0) is 112 Å². The van der Waals surface area contributed by atoms with Crippen LogP contribution in [0.3, 0.4) is 0 Å². The highest BCUT2D eigenvalue weighted by Crippen LogP contribution is 2.51. The van der Waals surface area contributed by atoms with E-state index < -0.39 is 40.5 Å². The normalized spacial score (nSPS) is 32.1. The standard InChI is InChI=1S/C40H53F4N5O4/c1-6-38(7-2)20-49(32-13-12-29(18-31(32)38)53-28-10-8-27(9-11-28)48-21-39(43,44)22-48)36-45-19-30(33(46-36)37(5,41)42)34(50)47-40(35(51)52)24(4)16-25-14-23(3)15-26(40)17-25/h12-13,18-19,23-28H,6-11,14-17,20-22H2,1-5H3,(H,47,50)(H,51,52)/t23?,24?,25?,26?,27-,28-,40?. The number of aliphatic carboxylic acids is 1. The first kappa shape index (κ1) is 37.8. The quantitative estimate of drug-likeness (QED) is 0.235. The lowest BCUT2D eigenvalue weighted by Gasteiger charge is -2.52. The van der Waals surface area contributed by atoms with E-state index in [0.29, 0.717) is 50.3 Å². The number of carbonyl (C=O) groups is 2. The van der Waals surface area contributed by atoms with Crippen molar-refractivity contribution in [1.82, 2.24) is 20.2 Å². The predicted molar refractivity (Wildman–Crippen MR) is 192 cm³/mol. The average Bonchev–Trinajstić information content (AvgIpc) is 3.42. The number of benzene rings is 1. The molecule has 2 bridgehead atoms. The lowest BCUT2D eigenvalue weighted by molar-refractivity contribution is -0.155. The van der Waals surface area contributed by atoms with E-state index in [1.165, 1.54) is 0 Å². The van der Waals surface area contributed by atoms with Gasteiger partial charge in [0.1, 0.15) is 17.0 Å². The number of hydrogen-bond donors (Lipinski definition) is 2. The third-order valence-corrected chi connectivity index (χ3v) is 13.5. The van der Waals surface area contributed by atoms with Gasteiger partial charge in [0.15, 0.2) is 0 Å². The maximum Gasteiger partial charge on any atom is 0.329 e. The van der Waals surface area contributed by atoms with Crippen molar-refractivity contribution in [1.29, 1.82) is 0 Å². The predicted octanol–water partition coefficient (Wildman–Crippen LogP) is 8.08. The van der Waals surface area contributed by atoms with Crippen molar-refractivity contribution >= 4 is 23.5 Å². The van der Waals surface area contributed by atoms with Gasteiger partial charge < -0.3 is 20.1 Å². The SMILES string of the molecule is CCC1(CC)CN(c2ncc(C(=O)NC3(C(=O)O)C(C)CC4CC(C)CC3C4)c(C(C)(F)F)n2)c2ccc(O[C@H]3CC[C@H](N4CC(F)(F)C4)CC3)cc21. The molecule has 5 unspecified atom stereocenters. The summed E-state index contributed by atoms with van der Waals surface area (Å²) in [6, 6.07) is 5.94. The molecule has 5 atom stereocenters. The molecular formula is C40H53F4N5O4. The third kappa shape index (κ3) is 6.77. The monoisotopic (exact) mass is 743 g/mol. The van der Waals surface area contributed by atoms with Gasteiger partial charge in [0.25, 0.3) is 17.8 Å². The fourth-order valence-electron chi connectivity index (χ4n) is 10.6. The fraction of sp³-hybridized carbons (Fsp3) is 0.700. The van der Waals surface area contributed by atoms with Crippen LogP contribution in [-0.4, -0.2) is 75.1 Å². The number of hydrogen-bond acceptors (Lipinski definition) is 7. The molecule has 3 heterocycles. The van der Waals surface area contributed by atoms with Gasteiger partial charge >= 0.3 is 5.97 Å². The molecular weight excluding hydrogens is 690 g/mol. The molecule has 7 rings (SSSR count). The van der Waals surface area contributed by atoms with E-state index in [2.05, 4.69) is 36.1 Å². The smallest absolute Gasteiger partial charge is 0.329 e. The number of carboxylic acids is 1. The summed E-state index contributed by atoms with van der Waals surface area (Å²) in [5.41, 5.74) is -1.33. The molecule has 9 nitrogen and oxygen atoms in total. The summed E-state index contributed by atoms with van der Waals surface area (Å²) in [5.74, 6) is -7.42. The second-order valence-corrected chi connectivity index (χ2v) is 17.0. The Labute approximate surface area is 309 Å². The Morgan fingerprint density at radius 1 is 1.02 bits per heavy atom. The Kier molecular flexibility index (Phi) is 9.76. The number of likely N-dealkylation sites (tertiary alicyclic amines) is 1. The molecule has 2 aromatic rings. The molecule has 13 heteroatoms. The van der Waals surface area contributed by atoms with E-state index in [9.17, 15) is 23.5 Å². The van der Waals surface area contributed by atoms with Gasteiger partial charge in [-0.1, -0.05) is 27.7 Å². The number of aromatic nitrogens is 2. The van der Waals surface area contributed by atoms with Gasteiger partial charge in [-0.3, -0.25) is 9.69 Å². The summed E-state index contributed by atoms with van der Waals surface area (Å²) in [7, 11) is 0. The average molecular weight is 744 g/mol. The van der Waals surface area contributed by atoms with Crippen LogP contribution < -0.4 is 15.0 Å². The number of carbonyl (C=O) groups excluding carboxylic acids is 1. The van der Waals surface area contributed by atoms with Gasteiger partial charge in [-0.2, -0.15) is 8.78 Å². The number of nitrogens with one attached hydrogen (secondary N) is 1. The minimum atomic E-state index is -3.52. The Morgan fingerprint density at radius 2 is 1.72 bits per heavy atom. The van der Waals surface area contributed by atoms with Gasteiger partial charge in [0.05, 0.1) is 24.8 Å². The number of alkyl halides is 4. The molecule has 2 aliphatic heterocycles. The third-order valence-electron chi connectivity index (χ3n) is 13.5. The zero-order chi connectivity index (χ0) is 38.1. The van der Waals surface area contributed by atoms with E-state index in [4.69, 9.17) is 4.74 Å². The molecule has 5 aliphatic rings. The minimum Gasteiger partial charge on any atom is -0.490 e. The van der Waals surface area contributed by atoms with Crippen LogP contribution in [0.4, 0.5) is 29.2 Å². The van der Waals surface area contributed by atoms with Crippen molar-refractivity contribution in [3.8, 4) is 5.75 Å². The maximum absolute atomic E-state index is 15.4. The number of anilines is 2.